The van der Waals surface area contributed by atoms with E-state index in [4.69, 9.17) is 14.6 Å². The van der Waals surface area contributed by atoms with Crippen LogP contribution in [0.4, 0.5) is 4.39 Å². The molecule has 19 heavy (non-hydrogen) atoms. The van der Waals surface area contributed by atoms with Gasteiger partial charge >= 0.3 is 0 Å². The smallest absolute Gasteiger partial charge is 0.257 e. The predicted octanol–water partition coefficient (Wildman–Crippen LogP) is 0.849. The van der Waals surface area contributed by atoms with Gasteiger partial charge < -0.3 is 19.9 Å². The minimum atomic E-state index is -0.598. The molecule has 6 heteroatoms. The van der Waals surface area contributed by atoms with Gasteiger partial charge in [-0.15, -0.1) is 0 Å². The molecule has 5 nitrogen and oxygen atoms in total. The van der Waals surface area contributed by atoms with Crippen LogP contribution in [-0.2, 0) is 16.1 Å². The molecule has 0 spiro atoms. The summed E-state index contributed by atoms with van der Waals surface area (Å²) >= 11 is 0. The average molecular weight is 271 g/mol. The molecule has 1 aromatic carbocycles. The summed E-state index contributed by atoms with van der Waals surface area (Å²) in [4.78, 5) is 11.4. The summed E-state index contributed by atoms with van der Waals surface area (Å²) in [7, 11) is 1.58. The zero-order chi connectivity index (χ0) is 14.1. The Hall–Kier alpha value is -1.66. The van der Waals surface area contributed by atoms with Gasteiger partial charge in [0.1, 0.15) is 0 Å². The van der Waals surface area contributed by atoms with E-state index in [1.807, 2.05) is 0 Å². The summed E-state index contributed by atoms with van der Waals surface area (Å²) in [5.41, 5.74) is 0.312. The van der Waals surface area contributed by atoms with E-state index in [9.17, 15) is 9.18 Å². The van der Waals surface area contributed by atoms with Crippen molar-refractivity contribution in [2.45, 2.75) is 13.0 Å². The topological polar surface area (TPSA) is 67.8 Å². The molecule has 106 valence electrons. The lowest BCUT2D eigenvalue weighted by molar-refractivity contribution is -0.123. The Morgan fingerprint density at radius 1 is 1.47 bits per heavy atom. The van der Waals surface area contributed by atoms with Crippen molar-refractivity contribution in [3.63, 3.8) is 0 Å². The van der Waals surface area contributed by atoms with Crippen molar-refractivity contribution in [3.05, 3.63) is 29.6 Å². The van der Waals surface area contributed by atoms with Crippen molar-refractivity contribution in [2.75, 3.05) is 26.9 Å². The SMILES string of the molecule is COCCCNC(=O)COc1c(F)cccc1CO. The Bertz CT molecular complexity index is 412. The first-order valence-electron chi connectivity index (χ1n) is 5.95. The molecule has 0 atom stereocenters. The molecule has 0 radical (unpaired) electrons. The molecule has 0 unspecified atom stereocenters. The largest absolute Gasteiger partial charge is 0.480 e. The van der Waals surface area contributed by atoms with Gasteiger partial charge in [0, 0.05) is 25.8 Å². The molecule has 0 fully saturated rings. The molecule has 0 saturated heterocycles. The average Bonchev–Trinajstić information content (AvgIpc) is 2.42. The molecule has 0 bridgehead atoms. The number of amides is 1. The Morgan fingerprint density at radius 2 is 2.26 bits per heavy atom. The van der Waals surface area contributed by atoms with Gasteiger partial charge in [0.2, 0.25) is 0 Å². The van der Waals surface area contributed by atoms with Crippen LogP contribution in [-0.4, -0.2) is 37.9 Å². The fraction of sp³-hybridized carbons (Fsp3) is 0.462. The Kier molecular flexibility index (Phi) is 6.84. The number of hydrogen-bond acceptors (Lipinski definition) is 4. The number of rotatable bonds is 8. The summed E-state index contributed by atoms with van der Waals surface area (Å²) in [5, 5.41) is 11.7. The number of aliphatic hydroxyl groups is 1. The third kappa shape index (κ3) is 5.23. The maximum atomic E-state index is 13.5. The maximum absolute atomic E-state index is 13.5. The second-order valence-electron chi connectivity index (χ2n) is 3.87. The third-order valence-corrected chi connectivity index (χ3v) is 2.41. The van der Waals surface area contributed by atoms with E-state index >= 15 is 0 Å². The number of para-hydroxylation sites is 1. The summed E-state index contributed by atoms with van der Waals surface area (Å²) in [6.45, 7) is 0.396. The van der Waals surface area contributed by atoms with Crippen molar-refractivity contribution in [1.29, 1.82) is 0 Å². The fourth-order valence-corrected chi connectivity index (χ4v) is 1.47. The van der Waals surface area contributed by atoms with E-state index in [1.54, 1.807) is 7.11 Å². The number of halogens is 1. The van der Waals surface area contributed by atoms with Crippen LogP contribution in [0.3, 0.4) is 0 Å². The number of ether oxygens (including phenoxy) is 2. The molecular formula is C13H18FNO4. The monoisotopic (exact) mass is 271 g/mol. The lowest BCUT2D eigenvalue weighted by atomic mass is 10.2. The van der Waals surface area contributed by atoms with E-state index in [0.717, 1.165) is 0 Å². The highest BCUT2D eigenvalue weighted by Crippen LogP contribution is 2.22. The fourth-order valence-electron chi connectivity index (χ4n) is 1.47. The molecule has 1 aromatic rings. The van der Waals surface area contributed by atoms with Crippen LogP contribution in [0.2, 0.25) is 0 Å². The van der Waals surface area contributed by atoms with E-state index in [1.165, 1.54) is 18.2 Å². The van der Waals surface area contributed by atoms with Gasteiger partial charge in [-0.05, 0) is 12.5 Å². The summed E-state index contributed by atoms with van der Waals surface area (Å²) in [6, 6.07) is 4.22. The van der Waals surface area contributed by atoms with E-state index in [2.05, 4.69) is 5.32 Å². The molecule has 2 N–H and O–H groups in total. The molecular weight excluding hydrogens is 253 g/mol. The first-order chi connectivity index (χ1) is 9.19. The molecule has 0 aliphatic heterocycles. The molecule has 0 heterocycles. The predicted molar refractivity (Wildman–Crippen MR) is 67.3 cm³/mol. The van der Waals surface area contributed by atoms with Gasteiger partial charge in [-0.3, -0.25) is 4.79 Å². The van der Waals surface area contributed by atoms with Gasteiger partial charge in [-0.2, -0.15) is 0 Å². The standard InChI is InChI=1S/C13H18FNO4/c1-18-7-3-6-15-12(17)9-19-13-10(8-16)4-2-5-11(13)14/h2,4-5,16H,3,6-9H2,1H3,(H,15,17). The number of aliphatic hydroxyl groups excluding tert-OH is 1. The second-order valence-corrected chi connectivity index (χ2v) is 3.87. The van der Waals surface area contributed by atoms with Crippen molar-refractivity contribution in [2.24, 2.45) is 0 Å². The minimum Gasteiger partial charge on any atom is -0.480 e. The minimum absolute atomic E-state index is 0.0861. The van der Waals surface area contributed by atoms with Crippen LogP contribution in [0, 0.1) is 5.82 Å². The van der Waals surface area contributed by atoms with Crippen LogP contribution in [0.15, 0.2) is 18.2 Å². The number of carbonyl (C=O) groups excluding carboxylic acids is 1. The van der Waals surface area contributed by atoms with Crippen LogP contribution in [0.25, 0.3) is 0 Å². The highest BCUT2D eigenvalue weighted by molar-refractivity contribution is 5.77. The van der Waals surface area contributed by atoms with Crippen LogP contribution in [0.5, 0.6) is 5.75 Å². The molecule has 0 aliphatic carbocycles. The van der Waals surface area contributed by atoms with Gasteiger partial charge in [0.05, 0.1) is 6.61 Å². The Morgan fingerprint density at radius 3 is 2.95 bits per heavy atom. The van der Waals surface area contributed by atoms with Crippen molar-refractivity contribution in [1.82, 2.24) is 5.32 Å². The van der Waals surface area contributed by atoms with Crippen LogP contribution < -0.4 is 10.1 Å². The lowest BCUT2D eigenvalue weighted by Crippen LogP contribution is -2.30. The number of hydrogen-bond donors (Lipinski definition) is 2. The molecule has 1 amide bonds. The molecule has 0 aliphatic rings. The van der Waals surface area contributed by atoms with E-state index < -0.39 is 5.82 Å². The van der Waals surface area contributed by atoms with Crippen molar-refractivity contribution < 1.29 is 23.8 Å². The van der Waals surface area contributed by atoms with Crippen molar-refractivity contribution in [3.8, 4) is 5.75 Å². The first kappa shape index (κ1) is 15.4. The summed E-state index contributed by atoms with van der Waals surface area (Å²) in [6.07, 6.45) is 0.698. The van der Waals surface area contributed by atoms with Crippen LogP contribution >= 0.6 is 0 Å². The highest BCUT2D eigenvalue weighted by Gasteiger charge is 2.11. The first-order valence-corrected chi connectivity index (χ1v) is 5.95. The zero-order valence-corrected chi connectivity index (χ0v) is 10.8. The van der Waals surface area contributed by atoms with E-state index in [-0.39, 0.29) is 24.9 Å². The van der Waals surface area contributed by atoms with Crippen LogP contribution in [0.1, 0.15) is 12.0 Å². The molecule has 0 aromatic heterocycles. The van der Waals surface area contributed by atoms with Gasteiger partial charge in [0.15, 0.2) is 18.2 Å². The number of methoxy groups -OCH3 is 1. The molecule has 1 rings (SSSR count). The number of nitrogens with one attached hydrogen (secondary N) is 1. The number of benzene rings is 1. The second kappa shape index (κ2) is 8.44. The third-order valence-electron chi connectivity index (χ3n) is 2.41. The Balaban J connectivity index is 2.42. The van der Waals surface area contributed by atoms with Gasteiger partial charge in [-0.25, -0.2) is 4.39 Å². The summed E-state index contributed by atoms with van der Waals surface area (Å²) in [5.74, 6) is -1.03. The van der Waals surface area contributed by atoms with Crippen molar-refractivity contribution >= 4 is 5.91 Å². The Labute approximate surface area is 111 Å². The zero-order valence-electron chi connectivity index (χ0n) is 10.8. The quantitative estimate of drug-likeness (QED) is 0.688. The van der Waals surface area contributed by atoms with E-state index in [0.29, 0.717) is 25.1 Å². The summed E-state index contributed by atoms with van der Waals surface area (Å²) < 4.78 is 23.4. The lowest BCUT2D eigenvalue weighted by Gasteiger charge is -2.11. The highest BCUT2D eigenvalue weighted by atomic mass is 19.1. The maximum Gasteiger partial charge on any atom is 0.257 e. The van der Waals surface area contributed by atoms with Gasteiger partial charge in [0.25, 0.3) is 5.91 Å². The normalized spacial score (nSPS) is 10.3. The van der Waals surface area contributed by atoms with Gasteiger partial charge in [-0.1, -0.05) is 12.1 Å². The molecule has 0 saturated carbocycles. The number of carbonyl (C=O) groups is 1.